The molecule has 148 valence electrons. The molecule has 0 aromatic heterocycles. The fourth-order valence-corrected chi connectivity index (χ4v) is 3.76. The van der Waals surface area contributed by atoms with Crippen molar-refractivity contribution in [1.29, 1.82) is 0 Å². The lowest BCUT2D eigenvalue weighted by Gasteiger charge is -2.35. The lowest BCUT2D eigenvalue weighted by atomic mass is 9.99. The largest absolute Gasteiger partial charge is 0.341 e. The number of carbonyl (C=O) groups is 2. The minimum absolute atomic E-state index is 0.00560. The number of hydrogen-bond acceptors (Lipinski definition) is 3. The van der Waals surface area contributed by atoms with Crippen LogP contribution < -0.4 is 10.6 Å². The molecule has 5 nitrogen and oxygen atoms in total. The summed E-state index contributed by atoms with van der Waals surface area (Å²) in [6.45, 7) is 6.51. The van der Waals surface area contributed by atoms with Gasteiger partial charge in [0.05, 0.1) is 10.6 Å². The number of benzene rings is 1. The predicted octanol–water partition coefficient (Wildman–Crippen LogP) is 3.09. The smallest absolute Gasteiger partial charge is 0.253 e. The number of amides is 2. The molecule has 1 heterocycles. The van der Waals surface area contributed by atoms with Crippen LogP contribution in [0.15, 0.2) is 24.3 Å². The van der Waals surface area contributed by atoms with Gasteiger partial charge in [0.15, 0.2) is 0 Å². The van der Waals surface area contributed by atoms with E-state index < -0.39 is 6.04 Å². The Kier molecular flexibility index (Phi) is 6.77. The van der Waals surface area contributed by atoms with E-state index in [0.717, 1.165) is 38.4 Å². The summed E-state index contributed by atoms with van der Waals surface area (Å²) >= 11 is 6.12. The number of nitrogens with zero attached hydrogens (tertiary/aromatic N) is 1. The molecule has 3 rings (SSSR count). The average molecular weight is 392 g/mol. The number of halogens is 1. The minimum atomic E-state index is -0.537. The summed E-state index contributed by atoms with van der Waals surface area (Å²) in [5.74, 6) is 0.587. The van der Waals surface area contributed by atoms with E-state index in [-0.39, 0.29) is 17.7 Å². The summed E-state index contributed by atoms with van der Waals surface area (Å²) < 4.78 is 0. The molecule has 6 heteroatoms. The zero-order valence-electron chi connectivity index (χ0n) is 16.2. The van der Waals surface area contributed by atoms with Crippen molar-refractivity contribution >= 4 is 23.4 Å². The van der Waals surface area contributed by atoms with Crippen molar-refractivity contribution < 1.29 is 9.59 Å². The Labute approximate surface area is 166 Å². The first-order valence-electron chi connectivity index (χ1n) is 10.0. The highest BCUT2D eigenvalue weighted by Gasteiger charge is 2.32. The molecule has 1 saturated carbocycles. The highest BCUT2D eigenvalue weighted by Crippen LogP contribution is 2.28. The van der Waals surface area contributed by atoms with Crippen LogP contribution in [-0.4, -0.2) is 48.4 Å². The fourth-order valence-electron chi connectivity index (χ4n) is 3.53. The molecule has 1 aromatic carbocycles. The van der Waals surface area contributed by atoms with E-state index in [9.17, 15) is 9.59 Å². The third kappa shape index (κ3) is 5.45. The molecule has 2 amide bonds. The maximum atomic E-state index is 13.0. The van der Waals surface area contributed by atoms with E-state index in [0.29, 0.717) is 16.6 Å². The molecule has 1 saturated heterocycles. The van der Waals surface area contributed by atoms with Gasteiger partial charge in [0.1, 0.15) is 6.04 Å². The van der Waals surface area contributed by atoms with Gasteiger partial charge < -0.3 is 15.5 Å². The van der Waals surface area contributed by atoms with Crippen molar-refractivity contribution in [1.82, 2.24) is 15.5 Å². The molecular formula is C21H30ClN3O2. The Bertz CT molecular complexity index is 667. The van der Waals surface area contributed by atoms with Crippen molar-refractivity contribution in [2.75, 3.05) is 19.6 Å². The monoisotopic (exact) mass is 391 g/mol. The fraction of sp³-hybridized carbons (Fsp3) is 0.619. The topological polar surface area (TPSA) is 61.4 Å². The summed E-state index contributed by atoms with van der Waals surface area (Å²) in [5, 5.41) is 6.93. The molecule has 1 unspecified atom stereocenters. The Morgan fingerprint density at radius 2 is 1.81 bits per heavy atom. The van der Waals surface area contributed by atoms with Crippen molar-refractivity contribution in [3.63, 3.8) is 0 Å². The lowest BCUT2D eigenvalue weighted by molar-refractivity contribution is -0.135. The van der Waals surface area contributed by atoms with Gasteiger partial charge in [-0.3, -0.25) is 9.59 Å². The minimum Gasteiger partial charge on any atom is -0.341 e. The van der Waals surface area contributed by atoms with E-state index in [1.54, 1.807) is 24.3 Å². The summed E-state index contributed by atoms with van der Waals surface area (Å²) in [5.41, 5.74) is 0.403. The second kappa shape index (κ2) is 9.07. The van der Waals surface area contributed by atoms with Crippen LogP contribution in [0, 0.1) is 11.8 Å². The molecule has 1 aliphatic heterocycles. The second-order valence-corrected chi connectivity index (χ2v) is 8.53. The van der Waals surface area contributed by atoms with Gasteiger partial charge in [0.2, 0.25) is 5.91 Å². The SMILES string of the molecule is CC(C)C(NC(=O)c1ccccc1Cl)C(=O)N1CCC(NCC2CC2)CC1. The Morgan fingerprint density at radius 3 is 2.41 bits per heavy atom. The summed E-state index contributed by atoms with van der Waals surface area (Å²) in [6.07, 6.45) is 4.65. The zero-order chi connectivity index (χ0) is 19.4. The first-order chi connectivity index (χ1) is 13.0. The quantitative estimate of drug-likeness (QED) is 0.750. The van der Waals surface area contributed by atoms with Gasteiger partial charge in [-0.05, 0) is 56.2 Å². The van der Waals surface area contributed by atoms with Gasteiger partial charge in [-0.25, -0.2) is 0 Å². The van der Waals surface area contributed by atoms with Crippen LogP contribution in [-0.2, 0) is 4.79 Å². The van der Waals surface area contributed by atoms with Gasteiger partial charge in [0.25, 0.3) is 5.91 Å². The molecule has 27 heavy (non-hydrogen) atoms. The first-order valence-corrected chi connectivity index (χ1v) is 10.4. The molecule has 0 spiro atoms. The Morgan fingerprint density at radius 1 is 1.15 bits per heavy atom. The molecule has 2 fully saturated rings. The molecule has 0 bridgehead atoms. The Hall–Kier alpha value is -1.59. The predicted molar refractivity (Wildman–Crippen MR) is 108 cm³/mol. The molecule has 1 aliphatic carbocycles. The third-order valence-electron chi connectivity index (χ3n) is 5.54. The van der Waals surface area contributed by atoms with Gasteiger partial charge in [0, 0.05) is 19.1 Å². The van der Waals surface area contributed by atoms with Gasteiger partial charge in [-0.15, -0.1) is 0 Å². The van der Waals surface area contributed by atoms with Crippen LogP contribution in [0.4, 0.5) is 0 Å². The van der Waals surface area contributed by atoms with Gasteiger partial charge >= 0.3 is 0 Å². The summed E-state index contributed by atoms with van der Waals surface area (Å²) in [4.78, 5) is 27.5. The number of nitrogens with one attached hydrogen (secondary N) is 2. The molecule has 1 aromatic rings. The lowest BCUT2D eigenvalue weighted by Crippen LogP contribution is -2.54. The van der Waals surface area contributed by atoms with Crippen molar-refractivity contribution in [2.45, 2.75) is 51.6 Å². The van der Waals surface area contributed by atoms with Gasteiger partial charge in [-0.2, -0.15) is 0 Å². The first kappa shape index (κ1) is 20.2. The van der Waals surface area contributed by atoms with Crippen molar-refractivity contribution in [3.8, 4) is 0 Å². The van der Waals surface area contributed by atoms with Crippen LogP contribution in [0.5, 0.6) is 0 Å². The number of piperidine rings is 1. The second-order valence-electron chi connectivity index (χ2n) is 8.13. The normalized spacial score (nSPS) is 19.2. The molecular weight excluding hydrogens is 362 g/mol. The van der Waals surface area contributed by atoms with Gasteiger partial charge in [-0.1, -0.05) is 37.6 Å². The standard InChI is InChI=1S/C21H30ClN3O2/c1-14(2)19(24-20(26)17-5-3-4-6-18(17)22)21(27)25-11-9-16(10-12-25)23-13-15-7-8-15/h3-6,14-16,19,23H,7-13H2,1-2H3,(H,24,26). The third-order valence-corrected chi connectivity index (χ3v) is 5.87. The van der Waals surface area contributed by atoms with Crippen LogP contribution in [0.3, 0.4) is 0 Å². The molecule has 0 radical (unpaired) electrons. The summed E-state index contributed by atoms with van der Waals surface area (Å²) in [6, 6.07) is 6.88. The zero-order valence-corrected chi connectivity index (χ0v) is 17.0. The summed E-state index contributed by atoms with van der Waals surface area (Å²) in [7, 11) is 0. The molecule has 1 atom stereocenters. The van der Waals surface area contributed by atoms with Crippen LogP contribution in [0.25, 0.3) is 0 Å². The number of hydrogen-bond donors (Lipinski definition) is 2. The highest BCUT2D eigenvalue weighted by molar-refractivity contribution is 6.33. The van der Waals surface area contributed by atoms with E-state index >= 15 is 0 Å². The number of carbonyl (C=O) groups excluding carboxylic acids is 2. The number of rotatable bonds is 7. The van der Waals surface area contributed by atoms with Crippen molar-refractivity contribution in [3.05, 3.63) is 34.9 Å². The van der Waals surface area contributed by atoms with E-state index in [2.05, 4.69) is 10.6 Å². The van der Waals surface area contributed by atoms with E-state index in [1.807, 2.05) is 18.7 Å². The van der Waals surface area contributed by atoms with E-state index in [4.69, 9.17) is 11.6 Å². The Balaban J connectivity index is 1.55. The maximum Gasteiger partial charge on any atom is 0.253 e. The molecule has 2 aliphatic rings. The van der Waals surface area contributed by atoms with Crippen LogP contribution >= 0.6 is 11.6 Å². The highest BCUT2D eigenvalue weighted by atomic mass is 35.5. The number of likely N-dealkylation sites (tertiary alicyclic amines) is 1. The van der Waals surface area contributed by atoms with E-state index in [1.165, 1.54) is 12.8 Å². The van der Waals surface area contributed by atoms with Crippen LogP contribution in [0.1, 0.15) is 49.9 Å². The van der Waals surface area contributed by atoms with Crippen LogP contribution in [0.2, 0.25) is 5.02 Å². The molecule has 2 N–H and O–H groups in total. The average Bonchev–Trinajstić information content (AvgIpc) is 3.49. The van der Waals surface area contributed by atoms with Crippen molar-refractivity contribution in [2.24, 2.45) is 11.8 Å². The maximum absolute atomic E-state index is 13.0.